The number of allylic oxidation sites excluding steroid dienone is 2. The van der Waals surface area contributed by atoms with Gasteiger partial charge in [-0.25, -0.2) is 0 Å². The fourth-order valence-electron chi connectivity index (χ4n) is 2.83. The first-order chi connectivity index (χ1) is 12.1. The zero-order valence-corrected chi connectivity index (χ0v) is 18.0. The minimum absolute atomic E-state index is 0. The molecule has 0 radical (unpaired) electrons. The van der Waals surface area contributed by atoms with Gasteiger partial charge in [-0.05, 0) is 32.1 Å². The fourth-order valence-corrected chi connectivity index (χ4v) is 2.83. The first kappa shape index (κ1) is 27.3. The van der Waals surface area contributed by atoms with Gasteiger partial charge in [0.2, 0.25) is 5.91 Å². The summed E-state index contributed by atoms with van der Waals surface area (Å²) in [6.45, 7) is 2.05. The quantitative estimate of drug-likeness (QED) is 0.258. The van der Waals surface area contributed by atoms with E-state index in [1.807, 2.05) is 0 Å². The molecule has 0 spiro atoms. The Balaban J connectivity index is 0. The lowest BCUT2D eigenvalue weighted by atomic mass is 10.1. The van der Waals surface area contributed by atoms with Crippen LogP contribution in [-0.4, -0.2) is 35.5 Å². The van der Waals surface area contributed by atoms with Crippen LogP contribution in [0.3, 0.4) is 0 Å². The van der Waals surface area contributed by atoms with E-state index in [9.17, 15) is 9.59 Å². The van der Waals surface area contributed by atoms with E-state index in [2.05, 4.69) is 19.1 Å². The molecule has 5 heteroatoms. The molecule has 0 unspecified atom stereocenters. The van der Waals surface area contributed by atoms with Gasteiger partial charge < -0.3 is 10.0 Å². The van der Waals surface area contributed by atoms with Gasteiger partial charge in [0.1, 0.15) is 6.54 Å². The molecule has 0 heterocycles. The molecule has 154 valence electrons. The minimum atomic E-state index is -0.958. The summed E-state index contributed by atoms with van der Waals surface area (Å²) >= 11 is 0. The lowest BCUT2D eigenvalue weighted by molar-refractivity contribution is -0.143. The van der Waals surface area contributed by atoms with Crippen molar-refractivity contribution in [2.45, 2.75) is 96.8 Å². The first-order valence-corrected chi connectivity index (χ1v) is 10.2. The third kappa shape index (κ3) is 19.4. The molecule has 0 rings (SSSR count). The molecule has 0 aromatic rings. The lowest BCUT2D eigenvalue weighted by Crippen LogP contribution is -2.31. The normalized spacial score (nSPS) is 10.7. The molecule has 26 heavy (non-hydrogen) atoms. The Labute approximate surface area is 167 Å². The Morgan fingerprint density at radius 1 is 0.808 bits per heavy atom. The van der Waals surface area contributed by atoms with Crippen molar-refractivity contribution >= 4 is 25.4 Å². The molecule has 4 nitrogen and oxygen atoms in total. The first-order valence-electron chi connectivity index (χ1n) is 10.2. The highest BCUT2D eigenvalue weighted by atomic mass is 32.1. The van der Waals surface area contributed by atoms with Crippen LogP contribution in [-0.2, 0) is 9.59 Å². The number of carbonyl (C=O) groups is 2. The summed E-state index contributed by atoms with van der Waals surface area (Å²) in [6.07, 6.45) is 21.1. The summed E-state index contributed by atoms with van der Waals surface area (Å²) in [5.74, 6) is -1.03. The minimum Gasteiger partial charge on any atom is -0.480 e. The van der Waals surface area contributed by atoms with Crippen LogP contribution in [0.1, 0.15) is 96.8 Å². The van der Waals surface area contributed by atoms with Gasteiger partial charge in [0.25, 0.3) is 0 Å². The highest BCUT2D eigenvalue weighted by molar-refractivity contribution is 7.59. The van der Waals surface area contributed by atoms with Crippen molar-refractivity contribution in [2.24, 2.45) is 0 Å². The van der Waals surface area contributed by atoms with Crippen molar-refractivity contribution in [3.8, 4) is 0 Å². The summed E-state index contributed by atoms with van der Waals surface area (Å²) in [5, 5.41) is 8.64. The zero-order valence-electron chi connectivity index (χ0n) is 17.0. The highest BCUT2D eigenvalue weighted by Gasteiger charge is 2.10. The van der Waals surface area contributed by atoms with E-state index < -0.39 is 5.97 Å². The van der Waals surface area contributed by atoms with Crippen LogP contribution in [0.25, 0.3) is 0 Å². The summed E-state index contributed by atoms with van der Waals surface area (Å²) in [5.41, 5.74) is 0. The molecule has 0 saturated carbocycles. The molecule has 1 N–H and O–H groups in total. The molecular formula is C21H41NO3S. The third-order valence-corrected chi connectivity index (χ3v) is 4.45. The molecule has 0 aliphatic carbocycles. The largest absolute Gasteiger partial charge is 0.480 e. The van der Waals surface area contributed by atoms with Crippen molar-refractivity contribution in [3.63, 3.8) is 0 Å². The maximum absolute atomic E-state index is 11.7. The predicted molar refractivity (Wildman–Crippen MR) is 115 cm³/mol. The van der Waals surface area contributed by atoms with Gasteiger partial charge in [0.05, 0.1) is 0 Å². The van der Waals surface area contributed by atoms with Gasteiger partial charge >= 0.3 is 5.97 Å². The number of unbranched alkanes of at least 4 members (excludes halogenated alkanes) is 11. The molecule has 0 saturated heterocycles. The Morgan fingerprint density at radius 2 is 1.27 bits per heavy atom. The lowest BCUT2D eigenvalue weighted by Gasteiger charge is -2.14. The van der Waals surface area contributed by atoms with Crippen LogP contribution >= 0.6 is 13.5 Å². The van der Waals surface area contributed by atoms with Crippen molar-refractivity contribution in [3.05, 3.63) is 12.2 Å². The number of rotatable bonds is 17. The van der Waals surface area contributed by atoms with E-state index in [-0.39, 0.29) is 25.9 Å². The number of nitrogens with zero attached hydrogens (tertiary/aromatic N) is 1. The standard InChI is InChI=1S/C21H39NO3.H2S/c1-3-4-5-6-7-8-9-10-11-12-13-14-15-16-17-18-20(23)22(2)19-21(24)25;/h10-11H,3-9,12-19H2,1-2H3,(H,24,25);1H2/b11-10-;. The second-order valence-electron chi connectivity index (χ2n) is 6.98. The molecule has 0 aromatic heterocycles. The van der Waals surface area contributed by atoms with E-state index in [1.54, 1.807) is 7.05 Å². The molecule has 1 amide bonds. The second kappa shape index (κ2) is 20.3. The zero-order chi connectivity index (χ0) is 18.8. The summed E-state index contributed by atoms with van der Waals surface area (Å²) in [6, 6.07) is 0. The van der Waals surface area contributed by atoms with Gasteiger partial charge in [-0.1, -0.05) is 70.4 Å². The SMILES string of the molecule is CCCCCCCC/C=C\CCCCCCCC(=O)N(C)CC(=O)O.S. The van der Waals surface area contributed by atoms with E-state index in [4.69, 9.17) is 5.11 Å². The van der Waals surface area contributed by atoms with E-state index in [1.165, 1.54) is 62.7 Å². The van der Waals surface area contributed by atoms with Crippen LogP contribution in [0.15, 0.2) is 12.2 Å². The maximum Gasteiger partial charge on any atom is 0.323 e. The predicted octanol–water partition coefficient (Wildman–Crippen LogP) is 5.68. The second-order valence-corrected chi connectivity index (χ2v) is 6.98. The molecule has 0 bridgehead atoms. The number of carboxylic acid groups (broad SMARTS) is 1. The number of aliphatic carboxylic acids is 1. The van der Waals surface area contributed by atoms with E-state index in [0.717, 1.165) is 25.7 Å². The monoisotopic (exact) mass is 387 g/mol. The van der Waals surface area contributed by atoms with Gasteiger partial charge in [0, 0.05) is 13.5 Å². The van der Waals surface area contributed by atoms with E-state index >= 15 is 0 Å². The molecule has 0 atom stereocenters. The highest BCUT2D eigenvalue weighted by Crippen LogP contribution is 2.10. The summed E-state index contributed by atoms with van der Waals surface area (Å²) in [7, 11) is 1.55. The summed E-state index contributed by atoms with van der Waals surface area (Å²) < 4.78 is 0. The van der Waals surface area contributed by atoms with Crippen molar-refractivity contribution in [2.75, 3.05) is 13.6 Å². The molecular weight excluding hydrogens is 346 g/mol. The average molecular weight is 388 g/mol. The smallest absolute Gasteiger partial charge is 0.323 e. The molecule has 0 aliphatic rings. The Morgan fingerprint density at radius 3 is 1.77 bits per heavy atom. The van der Waals surface area contributed by atoms with Crippen LogP contribution in [0.2, 0.25) is 0 Å². The van der Waals surface area contributed by atoms with E-state index in [0.29, 0.717) is 6.42 Å². The number of likely N-dealkylation sites (N-methyl/N-ethyl adjacent to an activating group) is 1. The van der Waals surface area contributed by atoms with Crippen LogP contribution < -0.4 is 0 Å². The third-order valence-electron chi connectivity index (χ3n) is 4.45. The molecule has 0 fully saturated rings. The van der Waals surface area contributed by atoms with Gasteiger partial charge in [-0.2, -0.15) is 13.5 Å². The van der Waals surface area contributed by atoms with Gasteiger partial charge in [-0.15, -0.1) is 0 Å². The Bertz CT molecular complexity index is 372. The average Bonchev–Trinajstić information content (AvgIpc) is 2.57. The van der Waals surface area contributed by atoms with Gasteiger partial charge in [0.15, 0.2) is 0 Å². The Hall–Kier alpha value is -0.970. The number of hydrogen-bond donors (Lipinski definition) is 1. The number of hydrogen-bond acceptors (Lipinski definition) is 2. The topological polar surface area (TPSA) is 57.6 Å². The van der Waals surface area contributed by atoms with Crippen molar-refractivity contribution in [1.29, 1.82) is 0 Å². The maximum atomic E-state index is 11.7. The number of amides is 1. The van der Waals surface area contributed by atoms with Crippen molar-refractivity contribution < 1.29 is 14.7 Å². The number of carboxylic acids is 1. The molecule has 0 aliphatic heterocycles. The molecule has 0 aromatic carbocycles. The fraction of sp³-hybridized carbons (Fsp3) is 0.810. The summed E-state index contributed by atoms with van der Waals surface area (Å²) in [4.78, 5) is 23.5. The van der Waals surface area contributed by atoms with Crippen LogP contribution in [0.4, 0.5) is 0 Å². The number of carbonyl (C=O) groups excluding carboxylic acids is 1. The van der Waals surface area contributed by atoms with Crippen molar-refractivity contribution in [1.82, 2.24) is 4.90 Å². The van der Waals surface area contributed by atoms with Crippen LogP contribution in [0, 0.1) is 0 Å². The van der Waals surface area contributed by atoms with Crippen LogP contribution in [0.5, 0.6) is 0 Å². The van der Waals surface area contributed by atoms with Gasteiger partial charge in [-0.3, -0.25) is 9.59 Å². The Kier molecular flexibility index (Phi) is 21.3.